The second-order valence-electron chi connectivity index (χ2n) is 28.7. The molecule has 0 amide bonds. The summed E-state index contributed by atoms with van der Waals surface area (Å²) in [6.07, 6.45) is 0. The number of aromatic nitrogens is 6. The third kappa shape index (κ3) is 8.85. The van der Waals surface area contributed by atoms with Crippen LogP contribution in [0.25, 0.3) is 189 Å². The molecule has 2 aliphatic rings. The minimum atomic E-state index is -0.239. The Kier molecular flexibility index (Phi) is 12.9. The first-order valence-electron chi connectivity index (χ1n) is 35.7. The van der Waals surface area contributed by atoms with Gasteiger partial charge in [-0.1, -0.05) is 270 Å². The van der Waals surface area contributed by atoms with Crippen molar-refractivity contribution in [2.24, 2.45) is 0 Å². The lowest BCUT2D eigenvalue weighted by Crippen LogP contribution is -2.15. The number of hydrogen-bond acceptors (Lipinski definition) is 6. The summed E-state index contributed by atoms with van der Waals surface area (Å²) in [6.45, 7) is 9.45. The zero-order valence-electron chi connectivity index (χ0n) is 57.5. The fourth-order valence-electron chi connectivity index (χ4n) is 17.5. The van der Waals surface area contributed by atoms with Crippen LogP contribution >= 0.6 is 0 Å². The molecule has 0 fully saturated rings. The van der Waals surface area contributed by atoms with Crippen LogP contribution in [0.2, 0.25) is 0 Å². The van der Waals surface area contributed by atoms with E-state index in [1.54, 1.807) is 0 Å². The van der Waals surface area contributed by atoms with Gasteiger partial charge in [0.2, 0.25) is 0 Å². The normalized spacial score (nSPS) is 13.3. The maximum absolute atomic E-state index is 6.63. The Hall–Kier alpha value is -13.3. The Labute approximate surface area is 599 Å². The third-order valence-corrected chi connectivity index (χ3v) is 22.1. The second-order valence-corrected chi connectivity index (χ2v) is 28.7. The van der Waals surface area contributed by atoms with Gasteiger partial charge in [0.1, 0.15) is 22.3 Å². The first-order chi connectivity index (χ1) is 51.1. The van der Waals surface area contributed by atoms with Gasteiger partial charge in [0.05, 0.1) is 44.7 Å². The van der Waals surface area contributed by atoms with Crippen molar-refractivity contribution in [2.45, 2.75) is 38.5 Å². The fraction of sp³-hybridized carbons (Fsp3) is 0.0625. The van der Waals surface area contributed by atoms with E-state index < -0.39 is 0 Å². The van der Waals surface area contributed by atoms with Crippen LogP contribution in [0.15, 0.2) is 324 Å². The van der Waals surface area contributed by atoms with E-state index in [4.69, 9.17) is 28.8 Å². The predicted molar refractivity (Wildman–Crippen MR) is 427 cm³/mol. The molecule has 8 heteroatoms. The third-order valence-electron chi connectivity index (χ3n) is 22.1. The van der Waals surface area contributed by atoms with Gasteiger partial charge in [0, 0.05) is 110 Å². The van der Waals surface area contributed by atoms with Crippen LogP contribution in [0.1, 0.15) is 49.9 Å². The molecular formula is C96H64N6O2. The lowest BCUT2D eigenvalue weighted by molar-refractivity contribution is 0.657. The average Bonchev–Trinajstić information content (AvgIpc) is 1.53. The molecule has 22 rings (SSSR count). The lowest BCUT2D eigenvalue weighted by Gasteiger charge is -2.22. The highest BCUT2D eigenvalue weighted by molar-refractivity contribution is 6.20. The topological polar surface area (TPSA) is 87.7 Å². The molecule has 0 N–H and O–H groups in total. The van der Waals surface area contributed by atoms with E-state index in [2.05, 4.69) is 304 Å². The monoisotopic (exact) mass is 1330 g/mol. The molecule has 8 nitrogen and oxygen atoms in total. The second kappa shape index (κ2) is 22.6. The molecule has 0 spiro atoms. The zero-order valence-corrected chi connectivity index (χ0v) is 57.5. The van der Waals surface area contributed by atoms with E-state index in [0.29, 0.717) is 11.6 Å². The van der Waals surface area contributed by atoms with Gasteiger partial charge < -0.3 is 18.0 Å². The molecule has 104 heavy (non-hydrogen) atoms. The van der Waals surface area contributed by atoms with Crippen molar-refractivity contribution in [3.05, 3.63) is 338 Å². The van der Waals surface area contributed by atoms with Crippen LogP contribution in [0.3, 0.4) is 0 Å². The van der Waals surface area contributed by atoms with Gasteiger partial charge in [-0.3, -0.25) is 0 Å². The number of benzene rings is 14. The zero-order chi connectivity index (χ0) is 69.1. The van der Waals surface area contributed by atoms with Gasteiger partial charge in [-0.25, -0.2) is 19.9 Å². The summed E-state index contributed by atoms with van der Waals surface area (Å²) in [4.78, 5) is 20.4. The number of hydrogen-bond donors (Lipinski definition) is 0. The van der Waals surface area contributed by atoms with Crippen molar-refractivity contribution < 1.29 is 8.83 Å². The summed E-state index contributed by atoms with van der Waals surface area (Å²) in [5.41, 5.74) is 29.2. The van der Waals surface area contributed by atoms with Gasteiger partial charge in [-0.2, -0.15) is 0 Å². The van der Waals surface area contributed by atoms with Gasteiger partial charge in [0.25, 0.3) is 0 Å². The van der Waals surface area contributed by atoms with E-state index in [9.17, 15) is 0 Å². The quantitative estimate of drug-likeness (QED) is 0.158. The van der Waals surface area contributed by atoms with Crippen LogP contribution in [-0.4, -0.2) is 29.1 Å². The van der Waals surface area contributed by atoms with Gasteiger partial charge in [-0.05, 0) is 106 Å². The van der Waals surface area contributed by atoms with E-state index in [-0.39, 0.29) is 10.8 Å². The van der Waals surface area contributed by atoms with Gasteiger partial charge >= 0.3 is 0 Å². The summed E-state index contributed by atoms with van der Waals surface area (Å²) >= 11 is 0. The molecule has 2 aliphatic carbocycles. The van der Waals surface area contributed by atoms with Crippen molar-refractivity contribution in [3.8, 4) is 90.2 Å². The highest BCUT2D eigenvalue weighted by Gasteiger charge is 2.42. The Morgan fingerprint density at radius 1 is 0.288 bits per heavy atom. The fourth-order valence-corrected chi connectivity index (χ4v) is 17.5. The van der Waals surface area contributed by atoms with Crippen LogP contribution < -0.4 is 0 Å². The van der Waals surface area contributed by atoms with Crippen molar-refractivity contribution in [3.63, 3.8) is 0 Å². The highest BCUT2D eigenvalue weighted by atomic mass is 16.3. The Morgan fingerprint density at radius 2 is 0.712 bits per heavy atom. The summed E-state index contributed by atoms with van der Waals surface area (Å²) in [5.74, 6) is 1.42. The van der Waals surface area contributed by atoms with Crippen LogP contribution in [0.4, 0.5) is 0 Å². The summed E-state index contributed by atoms with van der Waals surface area (Å²) in [6, 6.07) is 112. The highest BCUT2D eigenvalue weighted by Crippen LogP contribution is 2.58. The summed E-state index contributed by atoms with van der Waals surface area (Å²) in [5, 5.41) is 10.7. The molecule has 0 aliphatic heterocycles. The lowest BCUT2D eigenvalue weighted by atomic mass is 9.80. The molecule has 6 aromatic heterocycles. The largest absolute Gasteiger partial charge is 0.455 e. The van der Waals surface area contributed by atoms with E-state index in [0.717, 1.165) is 106 Å². The molecule has 0 bridgehead atoms. The molecule has 0 atom stereocenters. The maximum Gasteiger partial charge on any atom is 0.160 e. The Balaban J connectivity index is 0.000000134. The number of rotatable bonds is 7. The summed E-state index contributed by atoms with van der Waals surface area (Å²) in [7, 11) is 0. The number of nitrogens with zero attached hydrogens (tertiary/aromatic N) is 6. The van der Waals surface area contributed by atoms with Gasteiger partial charge in [0.15, 0.2) is 11.6 Å². The standard InChI is InChI=1S/C49H33N3O.C47H31N3O/c1-49(2)38-26-24-35-34-20-10-12-23-43(34)53-47(35)44(38)37-25-27-42-45(46(37)49)36-21-9-11-22-41(36)52(42)33-19-13-18-32(28-33)40-29-39(30-14-5-3-6-15-30)50-48(51-40)31-16-7-4-8-17-31;1-47(2)36-25-23-32-31-17-8-11-22-40(31)51-45(32)41(36)35-24-26-39-42(43(35)47)34-19-7-10-21-38(34)50(39)30-16-12-15-29(27-30)46-48-37-20-9-6-18-33(37)44(49-46)28-13-4-3-5-14-28/h3-29H,1-2H3;3-27H,1-2H3. The van der Waals surface area contributed by atoms with Gasteiger partial charge in [-0.15, -0.1) is 0 Å². The van der Waals surface area contributed by atoms with Crippen LogP contribution in [-0.2, 0) is 10.8 Å². The Bertz CT molecular complexity index is 6920. The average molecular weight is 1330 g/mol. The van der Waals surface area contributed by atoms with Crippen molar-refractivity contribution in [2.75, 3.05) is 0 Å². The molecule has 490 valence electrons. The number of fused-ring (bicyclic) bond motifs is 23. The minimum Gasteiger partial charge on any atom is -0.455 e. The Morgan fingerprint density at radius 3 is 1.26 bits per heavy atom. The van der Waals surface area contributed by atoms with Crippen LogP contribution in [0, 0.1) is 0 Å². The minimum absolute atomic E-state index is 0.235. The van der Waals surface area contributed by atoms with E-state index in [1.165, 1.54) is 93.5 Å². The molecule has 0 radical (unpaired) electrons. The van der Waals surface area contributed by atoms with E-state index in [1.807, 2.05) is 48.5 Å². The SMILES string of the molecule is CC1(C)c2ccc3c(oc4ccccc43)c2-c2ccc3c(c21)c1ccccc1n3-c1cccc(-c2cc(-c3ccccc3)nc(-c3ccccc3)n2)c1.CC1(C)c2ccc3c(oc4ccccc43)c2-c2ccc3c(c21)c1ccccc1n3-c1cccc(-c2nc(-c3ccccc3)c3ccccc3n2)c1. The maximum atomic E-state index is 6.63. The first kappa shape index (κ1) is 59.6. The molecule has 6 heterocycles. The smallest absolute Gasteiger partial charge is 0.160 e. The summed E-state index contributed by atoms with van der Waals surface area (Å²) < 4.78 is 18.1. The molecular weight excluding hydrogens is 1270 g/mol. The van der Waals surface area contributed by atoms with Crippen molar-refractivity contribution in [1.29, 1.82) is 0 Å². The van der Waals surface area contributed by atoms with E-state index >= 15 is 0 Å². The van der Waals surface area contributed by atoms with Crippen molar-refractivity contribution in [1.82, 2.24) is 29.1 Å². The number of furan rings is 2. The molecule has 0 saturated heterocycles. The predicted octanol–water partition coefficient (Wildman–Crippen LogP) is 25.0. The first-order valence-corrected chi connectivity index (χ1v) is 35.7. The van der Waals surface area contributed by atoms with Crippen molar-refractivity contribution >= 4 is 98.4 Å². The molecule has 20 aromatic rings. The molecule has 0 saturated carbocycles. The molecule has 0 unspecified atom stereocenters. The number of para-hydroxylation sites is 5. The van der Waals surface area contributed by atoms with Crippen LogP contribution in [0.5, 0.6) is 0 Å². The molecule has 14 aromatic carbocycles.